The van der Waals surface area contributed by atoms with E-state index >= 15 is 0 Å². The molecule has 0 aliphatic rings. The number of rotatable bonds is 30. The second kappa shape index (κ2) is 27.3. The molecule has 0 aromatic heterocycles. The summed E-state index contributed by atoms with van der Waals surface area (Å²) in [7, 11) is 0. The summed E-state index contributed by atoms with van der Waals surface area (Å²) in [5.41, 5.74) is 1.76. The maximum absolute atomic E-state index is 10.9. The average Bonchev–Trinajstić information content (AvgIpc) is 3.05. The fourth-order valence-electron chi connectivity index (χ4n) is 5.95. The van der Waals surface area contributed by atoms with Crippen LogP contribution in [0.3, 0.4) is 0 Å². The van der Waals surface area contributed by atoms with Crippen molar-refractivity contribution in [2.75, 3.05) is 13.2 Å². The summed E-state index contributed by atoms with van der Waals surface area (Å²) in [5, 5.41) is 10.9. The molecule has 0 spiro atoms. The van der Waals surface area contributed by atoms with Gasteiger partial charge in [0.15, 0.2) is 0 Å². The monoisotopic (exact) mass is 609 g/mol. The molecule has 1 N–H and O–H groups in total. The van der Waals surface area contributed by atoms with Crippen molar-refractivity contribution in [3.05, 3.63) is 59.7 Å². The summed E-state index contributed by atoms with van der Waals surface area (Å²) in [6.07, 6.45) is 31.8. The van der Waals surface area contributed by atoms with Gasteiger partial charge in [0.2, 0.25) is 0 Å². The molecule has 3 nitrogen and oxygen atoms in total. The minimum atomic E-state index is -0.647. The third-order valence-electron chi connectivity index (χ3n) is 8.92. The molecule has 0 fully saturated rings. The molecule has 0 radical (unpaired) electrons. The van der Waals surface area contributed by atoms with E-state index < -0.39 is 6.10 Å². The normalized spacial score (nSPS) is 11.4. The van der Waals surface area contributed by atoms with Gasteiger partial charge in [0.1, 0.15) is 17.6 Å². The van der Waals surface area contributed by atoms with Crippen LogP contribution in [0.5, 0.6) is 11.5 Å². The minimum absolute atomic E-state index is 0.647. The molecule has 0 saturated heterocycles. The van der Waals surface area contributed by atoms with Gasteiger partial charge in [-0.15, -0.1) is 0 Å². The van der Waals surface area contributed by atoms with Gasteiger partial charge < -0.3 is 14.6 Å². The van der Waals surface area contributed by atoms with E-state index in [1.165, 1.54) is 141 Å². The van der Waals surface area contributed by atoms with Crippen LogP contribution in [-0.4, -0.2) is 18.3 Å². The van der Waals surface area contributed by atoms with Gasteiger partial charge in [-0.2, -0.15) is 0 Å². The molecule has 2 rings (SSSR count). The smallest absolute Gasteiger partial charge is 0.119 e. The average molecular weight is 609 g/mol. The van der Waals surface area contributed by atoms with Gasteiger partial charge in [-0.1, -0.05) is 179 Å². The van der Waals surface area contributed by atoms with Gasteiger partial charge in [0.05, 0.1) is 13.2 Å². The van der Waals surface area contributed by atoms with Crippen molar-refractivity contribution < 1.29 is 14.6 Å². The third kappa shape index (κ3) is 19.4. The van der Waals surface area contributed by atoms with E-state index in [0.29, 0.717) is 0 Å². The lowest BCUT2D eigenvalue weighted by Crippen LogP contribution is -2.02. The third-order valence-corrected chi connectivity index (χ3v) is 8.92. The summed E-state index contributed by atoms with van der Waals surface area (Å²) in [6.45, 7) is 6.09. The second-order valence-corrected chi connectivity index (χ2v) is 13.0. The van der Waals surface area contributed by atoms with Gasteiger partial charge >= 0.3 is 0 Å². The number of aliphatic hydroxyl groups is 1. The Morgan fingerprint density at radius 2 is 0.636 bits per heavy atom. The highest BCUT2D eigenvalue weighted by Crippen LogP contribution is 2.26. The van der Waals surface area contributed by atoms with Crippen LogP contribution in [0, 0.1) is 0 Å². The van der Waals surface area contributed by atoms with E-state index in [1.807, 2.05) is 48.5 Å². The topological polar surface area (TPSA) is 38.7 Å². The van der Waals surface area contributed by atoms with E-state index in [9.17, 15) is 5.11 Å². The van der Waals surface area contributed by atoms with Crippen LogP contribution in [0.1, 0.15) is 185 Å². The molecule has 0 amide bonds. The molecular weight excluding hydrogens is 540 g/mol. The minimum Gasteiger partial charge on any atom is -0.494 e. The lowest BCUT2D eigenvalue weighted by atomic mass is 10.0. The van der Waals surface area contributed by atoms with Crippen molar-refractivity contribution in [1.82, 2.24) is 0 Å². The summed E-state index contributed by atoms with van der Waals surface area (Å²) >= 11 is 0. The highest BCUT2D eigenvalue weighted by molar-refractivity contribution is 5.36. The first-order valence-electron chi connectivity index (χ1n) is 18.9. The number of hydrogen-bond donors (Lipinski definition) is 1. The van der Waals surface area contributed by atoms with Gasteiger partial charge in [0.25, 0.3) is 0 Å². The molecule has 0 atom stereocenters. The van der Waals surface area contributed by atoms with Crippen molar-refractivity contribution in [2.45, 2.75) is 174 Å². The molecular formula is C41H68O3. The van der Waals surface area contributed by atoms with E-state index in [-0.39, 0.29) is 0 Å². The number of unbranched alkanes of at least 4 members (excludes halogenated alkanes) is 22. The maximum Gasteiger partial charge on any atom is 0.119 e. The van der Waals surface area contributed by atoms with Crippen LogP contribution in [0.4, 0.5) is 0 Å². The van der Waals surface area contributed by atoms with E-state index in [0.717, 1.165) is 48.7 Å². The number of benzene rings is 2. The fraction of sp³-hybridized carbons (Fsp3) is 0.707. The van der Waals surface area contributed by atoms with Crippen LogP contribution in [0.15, 0.2) is 48.5 Å². The Morgan fingerprint density at radius 3 is 0.909 bits per heavy atom. The number of ether oxygens (including phenoxy) is 2. The highest BCUT2D eigenvalue weighted by atomic mass is 16.5. The molecule has 2 aromatic carbocycles. The van der Waals surface area contributed by atoms with Crippen molar-refractivity contribution in [3.8, 4) is 11.5 Å². The summed E-state index contributed by atoms with van der Waals surface area (Å²) in [5.74, 6) is 1.76. The zero-order valence-electron chi connectivity index (χ0n) is 28.8. The van der Waals surface area contributed by atoms with Crippen molar-refractivity contribution in [3.63, 3.8) is 0 Å². The second-order valence-electron chi connectivity index (χ2n) is 13.0. The lowest BCUT2D eigenvalue weighted by Gasteiger charge is -2.14. The van der Waals surface area contributed by atoms with E-state index in [4.69, 9.17) is 9.47 Å². The molecule has 0 unspecified atom stereocenters. The quantitative estimate of drug-likeness (QED) is 0.0897. The predicted molar refractivity (Wildman–Crippen MR) is 190 cm³/mol. The van der Waals surface area contributed by atoms with Gasteiger partial charge in [-0.25, -0.2) is 0 Å². The van der Waals surface area contributed by atoms with Gasteiger partial charge in [-0.3, -0.25) is 0 Å². The van der Waals surface area contributed by atoms with Crippen LogP contribution < -0.4 is 9.47 Å². The molecule has 0 bridgehead atoms. The molecule has 0 aliphatic carbocycles. The Balaban J connectivity index is 1.48. The predicted octanol–water partition coefficient (Wildman–Crippen LogP) is 12.9. The Hall–Kier alpha value is -2.00. The zero-order chi connectivity index (χ0) is 31.3. The molecule has 3 heteroatoms. The lowest BCUT2D eigenvalue weighted by molar-refractivity contribution is 0.220. The SMILES string of the molecule is CCCCCCCCCCCCCCOc1ccc(C(O)c2ccc(OCCCCCCCCCCCCCC)cc2)cc1. The highest BCUT2D eigenvalue weighted by Gasteiger charge is 2.11. The van der Waals surface area contributed by atoms with Crippen molar-refractivity contribution in [1.29, 1.82) is 0 Å². The molecule has 0 heterocycles. The van der Waals surface area contributed by atoms with Gasteiger partial charge in [0, 0.05) is 0 Å². The largest absolute Gasteiger partial charge is 0.494 e. The van der Waals surface area contributed by atoms with E-state index in [1.54, 1.807) is 0 Å². The van der Waals surface area contributed by atoms with E-state index in [2.05, 4.69) is 13.8 Å². The number of aliphatic hydroxyl groups excluding tert-OH is 1. The standard InChI is InChI=1S/C41H68O3/c1-3-5-7-9-11-13-15-17-19-21-23-25-35-43-39-31-27-37(28-32-39)41(42)38-29-33-40(34-30-38)44-36-26-24-22-20-18-16-14-12-10-8-6-4-2/h27-34,41-42H,3-26,35-36H2,1-2H3. The van der Waals surface area contributed by atoms with Crippen LogP contribution in [-0.2, 0) is 0 Å². The maximum atomic E-state index is 10.9. The van der Waals surface area contributed by atoms with Crippen molar-refractivity contribution in [2.24, 2.45) is 0 Å². The first kappa shape index (κ1) is 38.2. The summed E-state index contributed by atoms with van der Waals surface area (Å²) < 4.78 is 11.9. The Kier molecular flexibility index (Phi) is 23.7. The Morgan fingerprint density at radius 1 is 0.386 bits per heavy atom. The summed E-state index contributed by atoms with van der Waals surface area (Å²) in [6, 6.07) is 15.8. The number of hydrogen-bond acceptors (Lipinski definition) is 3. The van der Waals surface area contributed by atoms with Crippen LogP contribution in [0.25, 0.3) is 0 Å². The van der Waals surface area contributed by atoms with Crippen LogP contribution in [0.2, 0.25) is 0 Å². The van der Waals surface area contributed by atoms with Crippen molar-refractivity contribution >= 4 is 0 Å². The Bertz CT molecular complexity index is 802. The molecule has 0 aliphatic heterocycles. The molecule has 2 aromatic rings. The summed E-state index contributed by atoms with van der Waals surface area (Å²) in [4.78, 5) is 0. The van der Waals surface area contributed by atoms with Gasteiger partial charge in [-0.05, 0) is 48.2 Å². The Labute approximate surface area is 272 Å². The fourth-order valence-corrected chi connectivity index (χ4v) is 5.95. The first-order valence-corrected chi connectivity index (χ1v) is 18.9. The molecule has 0 saturated carbocycles. The van der Waals surface area contributed by atoms with Crippen LogP contribution >= 0.6 is 0 Å². The first-order chi connectivity index (χ1) is 21.7. The zero-order valence-corrected chi connectivity index (χ0v) is 28.8. The molecule has 250 valence electrons. The molecule has 44 heavy (non-hydrogen) atoms.